The lowest BCUT2D eigenvalue weighted by Crippen LogP contribution is -2.10. The Labute approximate surface area is 204 Å². The smallest absolute Gasteiger partial charge is 0.248 e. The van der Waals surface area contributed by atoms with E-state index in [1.807, 2.05) is 30.3 Å². The zero-order valence-electron chi connectivity index (χ0n) is 18.6. The number of carbonyl (C=O) groups is 1. The first-order valence-corrected chi connectivity index (χ1v) is 11.2. The number of aromatic hydroxyl groups is 1. The van der Waals surface area contributed by atoms with Crippen molar-refractivity contribution in [2.24, 2.45) is 5.73 Å². The molecule has 0 unspecified atom stereocenters. The number of nitrogens with two attached hydrogens (primary N) is 1. The average molecular weight is 469 g/mol. The van der Waals surface area contributed by atoms with Crippen molar-refractivity contribution in [1.29, 1.82) is 5.41 Å². The average Bonchev–Trinajstić information content (AvgIpc) is 2.86. The fraction of sp³-hybridized carbons (Fsp3) is 0.103. The second kappa shape index (κ2) is 12.2. The first kappa shape index (κ1) is 24.6. The number of hydrogen-bond acceptors (Lipinski definition) is 3. The van der Waals surface area contributed by atoms with Crippen LogP contribution in [-0.4, -0.2) is 17.2 Å². The molecule has 4 aromatic carbocycles. The second-order valence-corrected chi connectivity index (χ2v) is 7.97. The lowest BCUT2D eigenvalue weighted by atomic mass is 10.00. The Balaban J connectivity index is 0.000000248. The minimum Gasteiger partial charge on any atom is -0.506 e. The number of primary amides is 1. The van der Waals surface area contributed by atoms with Gasteiger partial charge in [0.15, 0.2) is 0 Å². The van der Waals surface area contributed by atoms with Gasteiger partial charge in [0.25, 0.3) is 0 Å². The third-order valence-corrected chi connectivity index (χ3v) is 5.48. The van der Waals surface area contributed by atoms with Gasteiger partial charge >= 0.3 is 0 Å². The molecule has 4 rings (SSSR count). The van der Waals surface area contributed by atoms with E-state index >= 15 is 0 Å². The van der Waals surface area contributed by atoms with E-state index in [-0.39, 0.29) is 16.3 Å². The Bertz CT molecular complexity index is 1360. The van der Waals surface area contributed by atoms with Crippen molar-refractivity contribution in [1.82, 2.24) is 0 Å². The van der Waals surface area contributed by atoms with Crippen molar-refractivity contribution in [2.75, 3.05) is 0 Å². The molecule has 4 N–H and O–H groups in total. The first-order chi connectivity index (χ1) is 16.5. The summed E-state index contributed by atoms with van der Waals surface area (Å²) < 4.78 is 0. The summed E-state index contributed by atoms with van der Waals surface area (Å²) in [5.74, 6) is 5.97. The monoisotopic (exact) mass is 468 g/mol. The number of benzene rings is 4. The van der Waals surface area contributed by atoms with Crippen LogP contribution >= 0.6 is 11.6 Å². The lowest BCUT2D eigenvalue weighted by molar-refractivity contribution is 0.100. The van der Waals surface area contributed by atoms with E-state index in [4.69, 9.17) is 27.9 Å². The maximum absolute atomic E-state index is 10.5. The number of amides is 1. The SMILES string of the molecule is N=Cc1ccc(C#CCCCc2ccccc2)c2ccccc12.NC(=O)c1ccc(O)c(Cl)c1. The Kier molecular flexibility index (Phi) is 8.85. The Morgan fingerprint density at radius 1 is 0.971 bits per heavy atom. The van der Waals surface area contributed by atoms with Crippen molar-refractivity contribution in [2.45, 2.75) is 19.3 Å². The number of nitrogens with one attached hydrogen (secondary N) is 1. The molecule has 0 spiro atoms. The minimum absolute atomic E-state index is 0.0586. The molecule has 0 aliphatic carbocycles. The molecule has 0 aliphatic heterocycles. The van der Waals surface area contributed by atoms with Gasteiger partial charge < -0.3 is 16.2 Å². The van der Waals surface area contributed by atoms with Gasteiger partial charge in [0, 0.05) is 23.8 Å². The summed E-state index contributed by atoms with van der Waals surface area (Å²) in [7, 11) is 0. The quantitative estimate of drug-likeness (QED) is 0.181. The molecule has 0 saturated carbocycles. The summed E-state index contributed by atoms with van der Waals surface area (Å²) in [6.45, 7) is 0. The van der Waals surface area contributed by atoms with Crippen LogP contribution in [-0.2, 0) is 6.42 Å². The molecule has 0 atom stereocenters. The Morgan fingerprint density at radius 2 is 1.68 bits per heavy atom. The number of fused-ring (bicyclic) bond motifs is 1. The molecule has 34 heavy (non-hydrogen) atoms. The van der Waals surface area contributed by atoms with E-state index in [2.05, 4.69) is 48.2 Å². The van der Waals surface area contributed by atoms with Crippen LogP contribution in [0.1, 0.15) is 39.9 Å². The summed E-state index contributed by atoms with van der Waals surface area (Å²) in [6, 6.07) is 26.7. The van der Waals surface area contributed by atoms with E-state index in [9.17, 15) is 4.79 Å². The van der Waals surface area contributed by atoms with Gasteiger partial charge in [-0.1, -0.05) is 84.1 Å². The zero-order chi connectivity index (χ0) is 24.3. The first-order valence-electron chi connectivity index (χ1n) is 10.8. The summed E-state index contributed by atoms with van der Waals surface area (Å²) in [5.41, 5.74) is 8.60. The largest absolute Gasteiger partial charge is 0.506 e. The molecular formula is C29H25ClN2O2. The van der Waals surface area contributed by atoms with Crippen LogP contribution in [0.25, 0.3) is 10.8 Å². The maximum Gasteiger partial charge on any atom is 0.248 e. The number of carbonyl (C=O) groups excluding carboxylic acids is 1. The summed E-state index contributed by atoms with van der Waals surface area (Å²) in [6.07, 6.45) is 4.45. The predicted octanol–water partition coefficient (Wildman–Crippen LogP) is 6.36. The number of rotatable bonds is 5. The van der Waals surface area contributed by atoms with E-state index in [0.29, 0.717) is 0 Å². The number of halogens is 1. The molecule has 0 radical (unpaired) electrons. The Hall–Kier alpha value is -4.07. The van der Waals surface area contributed by atoms with Crippen LogP contribution in [0.15, 0.2) is 84.9 Å². The normalized spacial score (nSPS) is 9.91. The summed E-state index contributed by atoms with van der Waals surface area (Å²) >= 11 is 5.50. The van der Waals surface area contributed by atoms with Crippen molar-refractivity contribution >= 4 is 34.5 Å². The molecule has 0 aromatic heterocycles. The maximum atomic E-state index is 10.5. The molecule has 5 heteroatoms. The number of aryl methyl sites for hydroxylation is 1. The zero-order valence-corrected chi connectivity index (χ0v) is 19.3. The van der Waals surface area contributed by atoms with Crippen LogP contribution in [0.2, 0.25) is 5.02 Å². The fourth-order valence-corrected chi connectivity index (χ4v) is 3.58. The van der Waals surface area contributed by atoms with Gasteiger partial charge in [-0.05, 0) is 59.0 Å². The molecular weight excluding hydrogens is 444 g/mol. The predicted molar refractivity (Wildman–Crippen MR) is 140 cm³/mol. The van der Waals surface area contributed by atoms with Crippen LogP contribution < -0.4 is 5.73 Å². The third kappa shape index (κ3) is 6.71. The van der Waals surface area contributed by atoms with Crippen LogP contribution in [0.4, 0.5) is 0 Å². The van der Waals surface area contributed by atoms with Crippen molar-refractivity contribution < 1.29 is 9.90 Å². The summed E-state index contributed by atoms with van der Waals surface area (Å²) in [5, 5.41) is 18.8. The van der Waals surface area contributed by atoms with E-state index in [1.165, 1.54) is 30.0 Å². The van der Waals surface area contributed by atoms with Crippen LogP contribution in [0.5, 0.6) is 5.75 Å². The molecule has 0 bridgehead atoms. The third-order valence-electron chi connectivity index (χ3n) is 5.18. The highest BCUT2D eigenvalue weighted by molar-refractivity contribution is 6.32. The van der Waals surface area contributed by atoms with Crippen LogP contribution in [0, 0.1) is 17.3 Å². The van der Waals surface area contributed by atoms with Gasteiger partial charge in [-0.2, -0.15) is 0 Å². The van der Waals surface area contributed by atoms with Gasteiger partial charge in [0.05, 0.1) is 5.02 Å². The highest BCUT2D eigenvalue weighted by atomic mass is 35.5. The fourth-order valence-electron chi connectivity index (χ4n) is 3.40. The number of phenols is 1. The van der Waals surface area contributed by atoms with Gasteiger partial charge in [-0.3, -0.25) is 4.79 Å². The molecule has 0 fully saturated rings. The molecule has 0 heterocycles. The van der Waals surface area contributed by atoms with Gasteiger partial charge in [0.1, 0.15) is 5.75 Å². The molecule has 4 aromatic rings. The number of unbranched alkanes of at least 4 members (excludes halogenated alkanes) is 1. The minimum atomic E-state index is -0.563. The van der Waals surface area contributed by atoms with Crippen molar-refractivity contribution in [3.8, 4) is 17.6 Å². The van der Waals surface area contributed by atoms with E-state index in [1.54, 1.807) is 0 Å². The van der Waals surface area contributed by atoms with Gasteiger partial charge in [-0.25, -0.2) is 0 Å². The van der Waals surface area contributed by atoms with E-state index in [0.717, 1.165) is 41.2 Å². The molecule has 0 saturated heterocycles. The standard InChI is InChI=1S/C22H19N.C7H6ClNO2/c23-17-20-16-15-19(21-13-7-8-14-22(20)21)12-6-2-5-11-18-9-3-1-4-10-18;8-5-3-4(7(9)11)1-2-6(5)10/h1,3-4,7-10,13-17,23H,2,5,11H2;1-3,10H,(H2,9,11). The van der Waals surface area contributed by atoms with Crippen molar-refractivity contribution in [3.63, 3.8) is 0 Å². The Morgan fingerprint density at radius 3 is 2.35 bits per heavy atom. The van der Waals surface area contributed by atoms with Gasteiger partial charge in [0.2, 0.25) is 5.91 Å². The molecule has 4 nitrogen and oxygen atoms in total. The number of hydrogen-bond donors (Lipinski definition) is 3. The van der Waals surface area contributed by atoms with Crippen molar-refractivity contribution in [3.05, 3.63) is 112 Å². The molecule has 1 amide bonds. The van der Waals surface area contributed by atoms with Gasteiger partial charge in [-0.15, -0.1) is 0 Å². The molecule has 0 aliphatic rings. The lowest BCUT2D eigenvalue weighted by Gasteiger charge is -2.04. The topological polar surface area (TPSA) is 87.2 Å². The second-order valence-electron chi connectivity index (χ2n) is 7.56. The van der Waals surface area contributed by atoms with E-state index < -0.39 is 5.91 Å². The number of phenolic OH excluding ortho intramolecular Hbond substituents is 1. The highest BCUT2D eigenvalue weighted by Gasteiger charge is 2.03. The molecule has 170 valence electrons. The highest BCUT2D eigenvalue weighted by Crippen LogP contribution is 2.23. The summed E-state index contributed by atoms with van der Waals surface area (Å²) in [4.78, 5) is 10.5. The van der Waals surface area contributed by atoms with Crippen LogP contribution in [0.3, 0.4) is 0 Å².